The van der Waals surface area contributed by atoms with Crippen LogP contribution in [-0.4, -0.2) is 20.9 Å². The number of aromatic hydroxyl groups is 2. The minimum absolute atomic E-state index is 0.0213. The van der Waals surface area contributed by atoms with Crippen LogP contribution in [0.3, 0.4) is 0 Å². The maximum atomic E-state index is 12.6. The van der Waals surface area contributed by atoms with Crippen LogP contribution >= 0.6 is 0 Å². The summed E-state index contributed by atoms with van der Waals surface area (Å²) in [6, 6.07) is 12.4. The standard InChI is InChI=1S/C33H36O3/c1-5-13-32-17-19(2)26(16-25-15-23-10-9-22-7-6-8-27(21(25)4)29(22)23)18-33(32,36)20(3)14-24-11-12-28(34)31(35)30(24)32/h6-8,11-12,15-16,20,34-36H,4-5,9-10,13-14,17-18H2,1-3H3/b25-16-/t20?,32-,33?/m1/s1. The second-order valence-corrected chi connectivity index (χ2v) is 11.6. The number of benzene rings is 3. The van der Waals surface area contributed by atoms with Gasteiger partial charge in [0.25, 0.3) is 0 Å². The fourth-order valence-corrected chi connectivity index (χ4v) is 7.86. The van der Waals surface area contributed by atoms with Gasteiger partial charge < -0.3 is 15.3 Å². The predicted molar refractivity (Wildman–Crippen MR) is 147 cm³/mol. The van der Waals surface area contributed by atoms with Crippen LogP contribution in [0, 0.1) is 5.92 Å². The molecule has 6 rings (SSSR count). The number of aliphatic hydroxyl groups is 1. The van der Waals surface area contributed by atoms with Crippen LogP contribution in [0.1, 0.15) is 68.7 Å². The lowest BCUT2D eigenvalue weighted by atomic mass is 9.49. The molecule has 0 amide bonds. The Morgan fingerprint density at radius 1 is 1.06 bits per heavy atom. The Balaban J connectivity index is 1.56. The van der Waals surface area contributed by atoms with Crippen LogP contribution in [-0.2, 0) is 24.7 Å². The Morgan fingerprint density at radius 3 is 2.61 bits per heavy atom. The van der Waals surface area contributed by atoms with Crippen molar-refractivity contribution in [1.29, 1.82) is 0 Å². The zero-order valence-electron chi connectivity index (χ0n) is 21.6. The lowest BCUT2D eigenvalue weighted by Crippen LogP contribution is -2.61. The molecule has 186 valence electrons. The molecule has 3 nitrogen and oxygen atoms in total. The Bertz CT molecular complexity index is 1560. The molecule has 0 radical (unpaired) electrons. The average molecular weight is 481 g/mol. The molecule has 2 unspecified atom stereocenters. The first-order valence-corrected chi connectivity index (χ1v) is 13.4. The molecule has 0 saturated carbocycles. The normalized spacial score (nSPS) is 27.4. The smallest absolute Gasteiger partial charge is 0.161 e. The fourth-order valence-electron chi connectivity index (χ4n) is 7.86. The molecular formula is C33H36O3. The Morgan fingerprint density at radius 2 is 1.83 bits per heavy atom. The minimum atomic E-state index is -1.02. The Labute approximate surface area is 213 Å². The lowest BCUT2D eigenvalue weighted by Gasteiger charge is -2.58. The van der Waals surface area contributed by atoms with Gasteiger partial charge in [-0.1, -0.05) is 68.8 Å². The van der Waals surface area contributed by atoms with Gasteiger partial charge in [0.2, 0.25) is 0 Å². The molecule has 0 aromatic heterocycles. The van der Waals surface area contributed by atoms with E-state index in [0.29, 0.717) is 19.3 Å². The van der Waals surface area contributed by atoms with E-state index in [1.165, 1.54) is 33.0 Å². The summed E-state index contributed by atoms with van der Waals surface area (Å²) >= 11 is 0. The van der Waals surface area contributed by atoms with Crippen LogP contribution in [0.5, 0.6) is 11.5 Å². The van der Waals surface area contributed by atoms with Gasteiger partial charge in [-0.05, 0) is 94.5 Å². The first-order valence-electron chi connectivity index (χ1n) is 13.4. The van der Waals surface area contributed by atoms with Gasteiger partial charge in [0, 0.05) is 17.4 Å². The van der Waals surface area contributed by atoms with Crippen LogP contribution in [0.15, 0.2) is 47.5 Å². The highest BCUT2D eigenvalue weighted by atomic mass is 16.3. The number of allylic oxidation sites excluding steroid dienone is 1. The largest absolute Gasteiger partial charge is 0.504 e. The van der Waals surface area contributed by atoms with Crippen LogP contribution in [0.2, 0.25) is 0 Å². The van der Waals surface area contributed by atoms with E-state index >= 15 is 0 Å². The molecule has 3 heteroatoms. The van der Waals surface area contributed by atoms with E-state index in [1.807, 2.05) is 6.07 Å². The van der Waals surface area contributed by atoms with Gasteiger partial charge in [-0.15, -0.1) is 0 Å². The monoisotopic (exact) mass is 480 g/mol. The summed E-state index contributed by atoms with van der Waals surface area (Å²) < 4.78 is 0. The molecule has 0 saturated heterocycles. The quantitative estimate of drug-likeness (QED) is 0.445. The van der Waals surface area contributed by atoms with Crippen molar-refractivity contribution in [2.45, 2.75) is 76.7 Å². The zero-order chi connectivity index (χ0) is 25.4. The molecule has 3 aromatic carbocycles. The maximum Gasteiger partial charge on any atom is 0.161 e. The van der Waals surface area contributed by atoms with Crippen LogP contribution < -0.4 is 10.4 Å². The first-order chi connectivity index (χ1) is 17.2. The molecule has 3 N–H and O–H groups in total. The molecular weight excluding hydrogens is 444 g/mol. The number of phenolic OH excluding ortho intramolecular Hbond substituents is 2. The molecule has 0 bridgehead atoms. The highest BCUT2D eigenvalue weighted by Crippen LogP contribution is 2.61. The summed E-state index contributed by atoms with van der Waals surface area (Å²) in [7, 11) is 0. The topological polar surface area (TPSA) is 60.7 Å². The molecule has 0 heterocycles. The zero-order valence-corrected chi connectivity index (χ0v) is 21.6. The van der Waals surface area contributed by atoms with E-state index in [9.17, 15) is 15.3 Å². The molecule has 0 spiro atoms. The molecule has 0 aliphatic heterocycles. The van der Waals surface area contributed by atoms with Crippen molar-refractivity contribution < 1.29 is 15.3 Å². The predicted octanol–water partition coefficient (Wildman–Crippen LogP) is 5.31. The van der Waals surface area contributed by atoms with Gasteiger partial charge in [-0.3, -0.25) is 0 Å². The summed E-state index contributed by atoms with van der Waals surface area (Å²) in [5, 5.41) is 38.9. The van der Waals surface area contributed by atoms with Crippen molar-refractivity contribution >= 4 is 23.4 Å². The minimum Gasteiger partial charge on any atom is -0.504 e. The highest BCUT2D eigenvalue weighted by Gasteiger charge is 2.60. The van der Waals surface area contributed by atoms with Gasteiger partial charge >= 0.3 is 0 Å². The third-order valence-corrected chi connectivity index (χ3v) is 9.61. The number of hydrogen-bond acceptors (Lipinski definition) is 3. The molecule has 0 fully saturated rings. The number of fused-ring (bicyclic) bond motifs is 3. The summed E-state index contributed by atoms with van der Waals surface area (Å²) in [5.41, 5.74) is 5.38. The van der Waals surface area contributed by atoms with E-state index < -0.39 is 11.0 Å². The number of rotatable bonds is 3. The number of phenols is 2. The summed E-state index contributed by atoms with van der Waals surface area (Å²) in [4.78, 5) is 0. The fraction of sp³-hybridized carbons (Fsp3) is 0.394. The molecule has 3 atom stereocenters. The van der Waals surface area contributed by atoms with E-state index in [2.05, 4.69) is 57.7 Å². The van der Waals surface area contributed by atoms with Crippen LogP contribution in [0.4, 0.5) is 0 Å². The van der Waals surface area contributed by atoms with Crippen molar-refractivity contribution in [2.24, 2.45) is 5.92 Å². The maximum absolute atomic E-state index is 12.6. The Kier molecular flexibility index (Phi) is 5.18. The number of aryl methyl sites for hydroxylation is 2. The molecule has 36 heavy (non-hydrogen) atoms. The van der Waals surface area contributed by atoms with E-state index in [4.69, 9.17) is 0 Å². The van der Waals surface area contributed by atoms with E-state index in [-0.39, 0.29) is 17.4 Å². The molecule has 3 aliphatic rings. The molecule has 3 aliphatic carbocycles. The van der Waals surface area contributed by atoms with Crippen molar-refractivity contribution in [3.05, 3.63) is 80.2 Å². The van der Waals surface area contributed by atoms with Crippen LogP contribution in [0.25, 0.3) is 23.4 Å². The van der Waals surface area contributed by atoms with Crippen molar-refractivity contribution in [1.82, 2.24) is 0 Å². The van der Waals surface area contributed by atoms with Crippen molar-refractivity contribution in [2.75, 3.05) is 0 Å². The highest BCUT2D eigenvalue weighted by molar-refractivity contribution is 5.91. The third-order valence-electron chi connectivity index (χ3n) is 9.61. The van der Waals surface area contributed by atoms with Gasteiger partial charge in [-0.25, -0.2) is 0 Å². The second-order valence-electron chi connectivity index (χ2n) is 11.6. The Hall–Kier alpha value is -3.04. The van der Waals surface area contributed by atoms with E-state index in [0.717, 1.165) is 47.2 Å². The average Bonchev–Trinajstić information content (AvgIpc) is 3.26. The van der Waals surface area contributed by atoms with Gasteiger partial charge in [0.1, 0.15) is 0 Å². The van der Waals surface area contributed by atoms with Crippen molar-refractivity contribution in [3.63, 3.8) is 0 Å². The van der Waals surface area contributed by atoms with Gasteiger partial charge in [-0.2, -0.15) is 0 Å². The SMILES string of the molecule is C=c1/c(=C\C2=C(C)C[C@]3(CCC)c4c(ccc(O)c4O)CC(C)C3(O)C2)cc2c3c(cccc13)CC2. The second kappa shape index (κ2) is 7.98. The third kappa shape index (κ3) is 3.02. The summed E-state index contributed by atoms with van der Waals surface area (Å²) in [6.45, 7) is 10.9. The summed E-state index contributed by atoms with van der Waals surface area (Å²) in [5.74, 6) is -0.136. The number of hydrogen-bond donors (Lipinski definition) is 3. The van der Waals surface area contributed by atoms with Crippen molar-refractivity contribution in [3.8, 4) is 11.5 Å². The lowest BCUT2D eigenvalue weighted by molar-refractivity contribution is -0.101. The van der Waals surface area contributed by atoms with Gasteiger partial charge in [0.15, 0.2) is 11.5 Å². The van der Waals surface area contributed by atoms with E-state index in [1.54, 1.807) is 6.07 Å². The first kappa shape index (κ1) is 23.4. The molecule has 3 aromatic rings. The van der Waals surface area contributed by atoms with Gasteiger partial charge in [0.05, 0.1) is 5.60 Å². The summed E-state index contributed by atoms with van der Waals surface area (Å²) in [6.07, 6.45) is 7.92.